The Labute approximate surface area is 190 Å². The average molecular weight is 461 g/mol. The summed E-state index contributed by atoms with van der Waals surface area (Å²) in [6.45, 7) is 1.66. The second-order valence-electron chi connectivity index (χ2n) is 7.47. The summed E-state index contributed by atoms with van der Waals surface area (Å²) in [5.41, 5.74) is 3.28. The first kappa shape index (κ1) is 22.2. The van der Waals surface area contributed by atoms with Crippen molar-refractivity contribution in [3.8, 4) is 17.0 Å². The first-order valence-corrected chi connectivity index (χ1v) is 11.9. The van der Waals surface area contributed by atoms with Crippen molar-refractivity contribution in [3.05, 3.63) is 90.0 Å². The smallest absolute Gasteiger partial charge is 0.344 e. The molecule has 0 aliphatic heterocycles. The number of pyridine rings is 1. The Morgan fingerprint density at radius 2 is 1.64 bits per heavy atom. The Balaban J connectivity index is 1.72. The predicted octanol–water partition coefficient (Wildman–Crippen LogP) is 4.72. The molecule has 0 bridgehead atoms. The number of ether oxygens (including phenoxy) is 1. The fraction of sp³-hybridized carbons (Fsp3) is 0.0800. The minimum Gasteiger partial charge on any atom is -0.423 e. The van der Waals surface area contributed by atoms with Crippen LogP contribution in [0.3, 0.4) is 0 Å². The molecule has 0 unspecified atom stereocenters. The highest BCUT2D eigenvalue weighted by Crippen LogP contribution is 2.27. The van der Waals surface area contributed by atoms with Crippen LogP contribution in [0, 0.1) is 0 Å². The third-order valence-corrected chi connectivity index (χ3v) is 6.28. The van der Waals surface area contributed by atoms with E-state index in [1.807, 2.05) is 12.1 Å². The van der Waals surface area contributed by atoms with Crippen LogP contribution in [0.1, 0.15) is 22.8 Å². The van der Waals surface area contributed by atoms with Crippen molar-refractivity contribution in [1.29, 1.82) is 0 Å². The minimum absolute atomic E-state index is 0.205. The maximum atomic E-state index is 13.1. The fourth-order valence-electron chi connectivity index (χ4n) is 3.35. The number of fused-ring (bicyclic) bond motifs is 1. The highest BCUT2D eigenvalue weighted by Gasteiger charge is 2.17. The van der Waals surface area contributed by atoms with Crippen molar-refractivity contribution in [1.82, 2.24) is 4.98 Å². The second kappa shape index (κ2) is 8.84. The van der Waals surface area contributed by atoms with Crippen LogP contribution in [0.4, 0.5) is 0 Å². The third-order valence-electron chi connectivity index (χ3n) is 5.15. The van der Waals surface area contributed by atoms with Crippen LogP contribution < -0.4 is 4.74 Å². The van der Waals surface area contributed by atoms with Gasteiger partial charge in [-0.3, -0.25) is 0 Å². The standard InChI is InChI=1S/C25H20N2O5S/c1-16(27-29)17-7-11-19(12-8-17)32-25(28)22-15-24(26-23-6-4-3-5-21(22)23)18-9-13-20(14-10-18)33(2,30)31/h3-15,29H,1-2H3/b27-16+. The van der Waals surface area contributed by atoms with Gasteiger partial charge in [-0.05, 0) is 61.0 Å². The summed E-state index contributed by atoms with van der Waals surface area (Å²) in [4.78, 5) is 17.9. The van der Waals surface area contributed by atoms with Crippen LogP contribution in [-0.2, 0) is 9.84 Å². The maximum absolute atomic E-state index is 13.1. The van der Waals surface area contributed by atoms with Gasteiger partial charge in [0, 0.05) is 17.2 Å². The first-order chi connectivity index (χ1) is 15.8. The summed E-state index contributed by atoms with van der Waals surface area (Å²) >= 11 is 0. The van der Waals surface area contributed by atoms with E-state index in [1.54, 1.807) is 61.5 Å². The molecule has 0 spiro atoms. The van der Waals surface area contributed by atoms with Crippen molar-refractivity contribution < 1.29 is 23.2 Å². The number of sulfone groups is 1. The fourth-order valence-corrected chi connectivity index (χ4v) is 3.98. The highest BCUT2D eigenvalue weighted by atomic mass is 32.2. The van der Waals surface area contributed by atoms with Crippen LogP contribution in [0.15, 0.2) is 88.9 Å². The summed E-state index contributed by atoms with van der Waals surface area (Å²) in [5.74, 6) is -0.211. The lowest BCUT2D eigenvalue weighted by Gasteiger charge is -2.11. The molecule has 0 atom stereocenters. The number of nitrogens with zero attached hydrogens (tertiary/aromatic N) is 2. The van der Waals surface area contributed by atoms with E-state index in [4.69, 9.17) is 9.94 Å². The molecule has 1 heterocycles. The van der Waals surface area contributed by atoms with Gasteiger partial charge < -0.3 is 9.94 Å². The van der Waals surface area contributed by atoms with Gasteiger partial charge >= 0.3 is 5.97 Å². The zero-order chi connectivity index (χ0) is 23.6. The van der Waals surface area contributed by atoms with E-state index in [-0.39, 0.29) is 4.90 Å². The van der Waals surface area contributed by atoms with Crippen molar-refractivity contribution in [3.63, 3.8) is 0 Å². The quantitative estimate of drug-likeness (QED) is 0.152. The van der Waals surface area contributed by atoms with Crippen molar-refractivity contribution in [2.45, 2.75) is 11.8 Å². The van der Waals surface area contributed by atoms with Gasteiger partial charge in [-0.1, -0.05) is 35.5 Å². The number of carbonyl (C=O) groups excluding carboxylic acids is 1. The SMILES string of the molecule is C/C(=N\O)c1ccc(OC(=O)c2cc(-c3ccc(S(C)(=O)=O)cc3)nc3ccccc23)cc1. The molecule has 7 nitrogen and oxygen atoms in total. The van der Waals surface area contributed by atoms with Crippen molar-refractivity contribution in [2.75, 3.05) is 6.26 Å². The normalized spacial score (nSPS) is 12.0. The van der Waals surface area contributed by atoms with Crippen molar-refractivity contribution in [2.24, 2.45) is 5.16 Å². The first-order valence-electron chi connectivity index (χ1n) is 9.98. The zero-order valence-electron chi connectivity index (χ0n) is 17.9. The number of rotatable bonds is 5. The van der Waals surface area contributed by atoms with Gasteiger partial charge in [0.2, 0.25) is 0 Å². The lowest BCUT2D eigenvalue weighted by Crippen LogP contribution is -2.10. The van der Waals surface area contributed by atoms with Gasteiger partial charge in [0.05, 0.1) is 27.4 Å². The van der Waals surface area contributed by atoms with E-state index in [9.17, 15) is 13.2 Å². The van der Waals surface area contributed by atoms with Crippen LogP contribution in [0.5, 0.6) is 5.75 Å². The number of hydrogen-bond donors (Lipinski definition) is 1. The van der Waals surface area contributed by atoms with Gasteiger partial charge in [0.25, 0.3) is 0 Å². The van der Waals surface area contributed by atoms with E-state index in [0.717, 1.165) is 6.26 Å². The molecule has 0 amide bonds. The number of carbonyl (C=O) groups is 1. The molecule has 0 saturated heterocycles. The van der Waals surface area contributed by atoms with Gasteiger partial charge in [0.1, 0.15) is 5.75 Å². The summed E-state index contributed by atoms with van der Waals surface area (Å²) in [5, 5.41) is 12.7. The van der Waals surface area contributed by atoms with Gasteiger partial charge in [-0.25, -0.2) is 18.2 Å². The minimum atomic E-state index is -3.32. The maximum Gasteiger partial charge on any atom is 0.344 e. The summed E-state index contributed by atoms with van der Waals surface area (Å²) in [6, 6.07) is 21.8. The van der Waals surface area contributed by atoms with Crippen LogP contribution in [0.25, 0.3) is 22.2 Å². The molecule has 8 heteroatoms. The monoisotopic (exact) mass is 460 g/mol. The average Bonchev–Trinajstić information content (AvgIpc) is 2.82. The topological polar surface area (TPSA) is 106 Å². The molecule has 1 N–H and O–H groups in total. The Kier molecular flexibility index (Phi) is 5.93. The molecule has 3 aromatic carbocycles. The largest absolute Gasteiger partial charge is 0.423 e. The Morgan fingerprint density at radius 1 is 0.970 bits per heavy atom. The molecule has 33 heavy (non-hydrogen) atoms. The molecule has 0 aliphatic rings. The van der Waals surface area contributed by atoms with Crippen molar-refractivity contribution >= 4 is 32.4 Å². The van der Waals surface area contributed by atoms with Gasteiger partial charge in [0.15, 0.2) is 9.84 Å². The Hall–Kier alpha value is -4.04. The third kappa shape index (κ3) is 4.75. The second-order valence-corrected chi connectivity index (χ2v) is 9.48. The Morgan fingerprint density at radius 3 is 2.27 bits per heavy atom. The number of benzene rings is 3. The van der Waals surface area contributed by atoms with Gasteiger partial charge in [-0.2, -0.15) is 0 Å². The van der Waals surface area contributed by atoms with E-state index < -0.39 is 15.8 Å². The molecule has 4 aromatic rings. The molecule has 0 aliphatic carbocycles. The number of esters is 1. The Bertz CT molecular complexity index is 1480. The molecule has 0 saturated carbocycles. The lowest BCUT2D eigenvalue weighted by molar-refractivity contribution is 0.0736. The molecular weight excluding hydrogens is 440 g/mol. The summed E-state index contributed by atoms with van der Waals surface area (Å²) in [7, 11) is -3.32. The van der Waals surface area contributed by atoms with Crippen LogP contribution in [0.2, 0.25) is 0 Å². The number of hydrogen-bond acceptors (Lipinski definition) is 7. The molecule has 4 rings (SSSR count). The van der Waals surface area contributed by atoms with E-state index in [2.05, 4.69) is 10.1 Å². The number of aromatic nitrogens is 1. The van der Waals surface area contributed by atoms with Crippen LogP contribution >= 0.6 is 0 Å². The van der Waals surface area contributed by atoms with Crippen LogP contribution in [-0.4, -0.2) is 36.5 Å². The van der Waals surface area contributed by atoms with E-state index >= 15 is 0 Å². The molecular formula is C25H20N2O5S. The zero-order valence-corrected chi connectivity index (χ0v) is 18.7. The molecule has 0 radical (unpaired) electrons. The predicted molar refractivity (Wildman–Crippen MR) is 126 cm³/mol. The number of oxime groups is 1. The van der Waals surface area contributed by atoms with E-state index in [1.165, 1.54) is 12.1 Å². The van der Waals surface area contributed by atoms with Gasteiger partial charge in [-0.15, -0.1) is 0 Å². The molecule has 0 fully saturated rings. The molecule has 166 valence electrons. The highest BCUT2D eigenvalue weighted by molar-refractivity contribution is 7.90. The summed E-state index contributed by atoms with van der Waals surface area (Å²) < 4.78 is 29.1. The summed E-state index contributed by atoms with van der Waals surface area (Å²) in [6.07, 6.45) is 1.15. The lowest BCUT2D eigenvalue weighted by atomic mass is 10.0. The number of para-hydroxylation sites is 1. The van der Waals surface area contributed by atoms with E-state index in [0.29, 0.717) is 44.7 Å². The molecule has 1 aromatic heterocycles.